The number of aromatic carboxylic acids is 1. The van der Waals surface area contributed by atoms with Gasteiger partial charge in [0.05, 0.1) is 12.6 Å². The number of aromatic nitrogens is 1. The Labute approximate surface area is 95.5 Å². The molecule has 0 saturated carbocycles. The fourth-order valence-corrected chi connectivity index (χ4v) is 1.90. The highest BCUT2D eigenvalue weighted by atomic mass is 32.1. The van der Waals surface area contributed by atoms with Crippen LogP contribution in [0, 0.1) is 18.3 Å². The smallest absolute Gasteiger partial charge is 0.355 e. The van der Waals surface area contributed by atoms with Crippen molar-refractivity contribution in [3.05, 3.63) is 15.6 Å². The molecule has 1 aromatic rings. The molecule has 0 spiro atoms. The number of nitriles is 1. The number of carboxylic acid groups (broad SMARTS) is 1. The van der Waals surface area contributed by atoms with Crippen LogP contribution < -0.4 is 5.32 Å². The van der Waals surface area contributed by atoms with E-state index in [4.69, 9.17) is 10.4 Å². The zero-order valence-electron chi connectivity index (χ0n) is 8.48. The van der Waals surface area contributed by atoms with E-state index in [9.17, 15) is 9.59 Å². The lowest BCUT2D eigenvalue weighted by molar-refractivity contribution is -0.120. The van der Waals surface area contributed by atoms with Crippen LogP contribution in [0.3, 0.4) is 0 Å². The standard InChI is InChI=1S/C9H9N3O3S/c1-5-8(9(14)15)12-7(16-5)4-11-6(13)2-3-10/h2,4H2,1H3,(H,11,13)(H,14,15). The summed E-state index contributed by atoms with van der Waals surface area (Å²) in [5.74, 6) is -1.48. The molecular weight excluding hydrogens is 230 g/mol. The molecule has 2 N–H and O–H groups in total. The Kier molecular flexibility index (Phi) is 3.96. The number of carboxylic acids is 1. The summed E-state index contributed by atoms with van der Waals surface area (Å²) in [6, 6.07) is 1.72. The number of aryl methyl sites for hydroxylation is 1. The molecule has 1 amide bonds. The quantitative estimate of drug-likeness (QED) is 0.804. The summed E-state index contributed by atoms with van der Waals surface area (Å²) < 4.78 is 0. The van der Waals surface area contributed by atoms with E-state index >= 15 is 0 Å². The number of nitrogens with one attached hydrogen (secondary N) is 1. The molecule has 0 aliphatic carbocycles. The maximum Gasteiger partial charge on any atom is 0.355 e. The van der Waals surface area contributed by atoms with Crippen molar-refractivity contribution < 1.29 is 14.7 Å². The minimum Gasteiger partial charge on any atom is -0.476 e. The van der Waals surface area contributed by atoms with Gasteiger partial charge in [-0.05, 0) is 6.92 Å². The van der Waals surface area contributed by atoms with Crippen molar-refractivity contribution in [1.82, 2.24) is 10.3 Å². The summed E-state index contributed by atoms with van der Waals surface area (Å²) in [4.78, 5) is 26.1. The van der Waals surface area contributed by atoms with Gasteiger partial charge in [-0.1, -0.05) is 0 Å². The maximum atomic E-state index is 11.0. The van der Waals surface area contributed by atoms with Gasteiger partial charge in [0.1, 0.15) is 11.4 Å². The molecule has 0 atom stereocenters. The first-order valence-corrected chi connectivity index (χ1v) is 5.19. The average molecular weight is 239 g/mol. The number of carbonyl (C=O) groups is 2. The zero-order chi connectivity index (χ0) is 12.1. The van der Waals surface area contributed by atoms with Crippen LogP contribution in [0.1, 0.15) is 26.8 Å². The van der Waals surface area contributed by atoms with E-state index in [2.05, 4.69) is 10.3 Å². The average Bonchev–Trinajstić information content (AvgIpc) is 2.57. The molecule has 1 rings (SSSR count). The number of hydrogen-bond acceptors (Lipinski definition) is 5. The highest BCUT2D eigenvalue weighted by molar-refractivity contribution is 7.11. The van der Waals surface area contributed by atoms with Gasteiger partial charge in [-0.15, -0.1) is 11.3 Å². The predicted octanol–water partition coefficient (Wildman–Crippen LogP) is 0.680. The van der Waals surface area contributed by atoms with Crippen LogP contribution in [0.25, 0.3) is 0 Å². The number of rotatable bonds is 4. The second-order valence-electron chi connectivity index (χ2n) is 2.93. The van der Waals surface area contributed by atoms with Crippen LogP contribution in [0.4, 0.5) is 0 Å². The van der Waals surface area contributed by atoms with Gasteiger partial charge in [0, 0.05) is 4.88 Å². The number of nitrogens with zero attached hydrogens (tertiary/aromatic N) is 2. The third kappa shape index (κ3) is 3.03. The van der Waals surface area contributed by atoms with E-state index in [0.717, 1.165) is 0 Å². The minimum atomic E-state index is -1.08. The Bertz CT molecular complexity index is 461. The monoisotopic (exact) mass is 239 g/mol. The lowest BCUT2D eigenvalue weighted by Gasteiger charge is -1.97. The lowest BCUT2D eigenvalue weighted by atomic mass is 10.4. The van der Waals surface area contributed by atoms with Crippen molar-refractivity contribution in [2.24, 2.45) is 0 Å². The maximum absolute atomic E-state index is 11.0. The normalized spacial score (nSPS) is 9.50. The Hall–Kier alpha value is -1.94. The SMILES string of the molecule is Cc1sc(CNC(=O)CC#N)nc1C(=O)O. The van der Waals surface area contributed by atoms with E-state index in [1.165, 1.54) is 11.3 Å². The topological polar surface area (TPSA) is 103 Å². The third-order valence-corrected chi connectivity index (χ3v) is 2.69. The lowest BCUT2D eigenvalue weighted by Crippen LogP contribution is -2.21. The van der Waals surface area contributed by atoms with Crippen LogP contribution in [-0.2, 0) is 11.3 Å². The van der Waals surface area contributed by atoms with E-state index in [1.807, 2.05) is 0 Å². The molecule has 0 aromatic carbocycles. The molecule has 1 aromatic heterocycles. The van der Waals surface area contributed by atoms with Crippen LogP contribution >= 0.6 is 11.3 Å². The van der Waals surface area contributed by atoms with Crippen LogP contribution in [0.15, 0.2) is 0 Å². The van der Waals surface area contributed by atoms with Gasteiger partial charge in [0.25, 0.3) is 0 Å². The second-order valence-corrected chi connectivity index (χ2v) is 4.22. The van der Waals surface area contributed by atoms with Gasteiger partial charge in [-0.2, -0.15) is 5.26 Å². The van der Waals surface area contributed by atoms with E-state index in [1.54, 1.807) is 13.0 Å². The molecular formula is C9H9N3O3S. The molecule has 1 heterocycles. The molecule has 0 fully saturated rings. The van der Waals surface area contributed by atoms with Crippen LogP contribution in [-0.4, -0.2) is 22.0 Å². The van der Waals surface area contributed by atoms with E-state index in [-0.39, 0.29) is 18.7 Å². The van der Waals surface area contributed by atoms with Gasteiger partial charge < -0.3 is 10.4 Å². The number of amides is 1. The summed E-state index contributed by atoms with van der Waals surface area (Å²) >= 11 is 1.21. The van der Waals surface area contributed by atoms with E-state index < -0.39 is 11.9 Å². The van der Waals surface area contributed by atoms with Crippen molar-refractivity contribution in [3.63, 3.8) is 0 Å². The zero-order valence-corrected chi connectivity index (χ0v) is 9.30. The van der Waals surface area contributed by atoms with E-state index in [0.29, 0.717) is 9.88 Å². The number of hydrogen-bond donors (Lipinski definition) is 2. The van der Waals surface area contributed by atoms with Crippen molar-refractivity contribution in [2.45, 2.75) is 19.9 Å². The van der Waals surface area contributed by atoms with Crippen molar-refractivity contribution in [2.75, 3.05) is 0 Å². The summed E-state index contributed by atoms with van der Waals surface area (Å²) in [6.07, 6.45) is -0.212. The first kappa shape index (κ1) is 12.1. The Balaban J connectivity index is 2.63. The largest absolute Gasteiger partial charge is 0.476 e. The summed E-state index contributed by atoms with van der Waals surface area (Å²) in [7, 11) is 0. The highest BCUT2D eigenvalue weighted by Crippen LogP contribution is 2.17. The minimum absolute atomic E-state index is 0.00883. The molecule has 84 valence electrons. The van der Waals surface area contributed by atoms with Gasteiger partial charge in [0.2, 0.25) is 5.91 Å². The molecule has 0 radical (unpaired) electrons. The fraction of sp³-hybridized carbons (Fsp3) is 0.333. The molecule has 0 aliphatic heterocycles. The van der Waals surface area contributed by atoms with Gasteiger partial charge in [0.15, 0.2) is 5.69 Å². The Morgan fingerprint density at radius 2 is 2.31 bits per heavy atom. The summed E-state index contributed by atoms with van der Waals surface area (Å²) in [5, 5.41) is 20.0. The molecule has 6 nitrogen and oxygen atoms in total. The third-order valence-electron chi connectivity index (χ3n) is 1.72. The molecule has 0 aliphatic rings. The van der Waals surface area contributed by atoms with Crippen molar-refractivity contribution in [3.8, 4) is 6.07 Å². The fourth-order valence-electron chi connectivity index (χ4n) is 1.03. The molecule has 0 saturated heterocycles. The number of thiazole rings is 1. The first-order valence-electron chi connectivity index (χ1n) is 4.38. The Morgan fingerprint density at radius 1 is 1.62 bits per heavy atom. The predicted molar refractivity (Wildman–Crippen MR) is 55.9 cm³/mol. The van der Waals surface area contributed by atoms with Crippen LogP contribution in [0.2, 0.25) is 0 Å². The second kappa shape index (κ2) is 5.23. The van der Waals surface area contributed by atoms with Crippen LogP contribution in [0.5, 0.6) is 0 Å². The first-order chi connectivity index (χ1) is 7.54. The Morgan fingerprint density at radius 3 is 2.81 bits per heavy atom. The van der Waals surface area contributed by atoms with Crippen molar-refractivity contribution >= 4 is 23.2 Å². The summed E-state index contributed by atoms with van der Waals surface area (Å²) in [5.41, 5.74) is 0.00883. The summed E-state index contributed by atoms with van der Waals surface area (Å²) in [6.45, 7) is 1.81. The van der Waals surface area contributed by atoms with Gasteiger partial charge >= 0.3 is 5.97 Å². The van der Waals surface area contributed by atoms with Gasteiger partial charge in [-0.25, -0.2) is 9.78 Å². The molecule has 0 bridgehead atoms. The van der Waals surface area contributed by atoms with Gasteiger partial charge in [-0.3, -0.25) is 4.79 Å². The number of carbonyl (C=O) groups excluding carboxylic acids is 1. The van der Waals surface area contributed by atoms with Crippen molar-refractivity contribution in [1.29, 1.82) is 5.26 Å². The molecule has 0 unspecified atom stereocenters. The highest BCUT2D eigenvalue weighted by Gasteiger charge is 2.14. The molecule has 7 heteroatoms. The molecule has 16 heavy (non-hydrogen) atoms.